The number of pyridine rings is 1. The molecule has 7 nitrogen and oxygen atoms in total. The molecule has 2 heterocycles. The van der Waals surface area contributed by atoms with E-state index >= 15 is 0 Å². The maximum atomic E-state index is 13.0. The van der Waals surface area contributed by atoms with Crippen molar-refractivity contribution in [2.75, 3.05) is 19.5 Å². The van der Waals surface area contributed by atoms with E-state index in [4.69, 9.17) is 9.84 Å². The highest BCUT2D eigenvalue weighted by Gasteiger charge is 2.15. The average molecular weight is 514 g/mol. The van der Waals surface area contributed by atoms with Crippen LogP contribution in [0.5, 0.6) is 5.75 Å². The number of anilines is 1. The highest BCUT2D eigenvalue weighted by molar-refractivity contribution is 5.64. The number of methoxy groups -OCH3 is 1. The maximum absolute atomic E-state index is 13.0. The second-order valence-electron chi connectivity index (χ2n) is 10.6. The third-order valence-electron chi connectivity index (χ3n) is 6.90. The zero-order chi connectivity index (χ0) is 27.3. The molecular weight excluding hydrogens is 474 g/mol. The van der Waals surface area contributed by atoms with E-state index in [1.165, 1.54) is 11.1 Å². The highest BCUT2D eigenvalue weighted by Crippen LogP contribution is 2.27. The summed E-state index contributed by atoms with van der Waals surface area (Å²) >= 11 is 0. The van der Waals surface area contributed by atoms with Crippen LogP contribution in [0.3, 0.4) is 0 Å². The summed E-state index contributed by atoms with van der Waals surface area (Å²) in [5.41, 5.74) is 5.63. The summed E-state index contributed by atoms with van der Waals surface area (Å²) in [4.78, 5) is 17.6. The second kappa shape index (κ2) is 11.7. The van der Waals surface area contributed by atoms with Crippen molar-refractivity contribution in [1.29, 1.82) is 0 Å². The van der Waals surface area contributed by atoms with Gasteiger partial charge in [-0.05, 0) is 54.0 Å². The Morgan fingerprint density at radius 1 is 0.921 bits per heavy atom. The number of nitrogens with zero attached hydrogens (tertiary/aromatic N) is 4. The average Bonchev–Trinajstić information content (AvgIpc) is 3.22. The lowest BCUT2D eigenvalue weighted by Gasteiger charge is -2.19. The van der Waals surface area contributed by atoms with Crippen molar-refractivity contribution in [3.8, 4) is 17.0 Å². The standard InChI is InChI=1S/C31H39N5O2/c1-7-35-28(34-36(30(35)37)21-23-13-17-25(18-14-23)31(2,3)4)10-8-9-22-11-15-24(16-12-22)26-19-20-27(38-6)29(32-5)33-26/h11-20H,7-10,21H2,1-6H3,(H,32,33). The minimum Gasteiger partial charge on any atom is -0.493 e. The summed E-state index contributed by atoms with van der Waals surface area (Å²) in [6, 6.07) is 20.9. The molecule has 0 aliphatic carbocycles. The smallest absolute Gasteiger partial charge is 0.346 e. The summed E-state index contributed by atoms with van der Waals surface area (Å²) in [5, 5.41) is 7.78. The fraction of sp³-hybridized carbons (Fsp3) is 0.387. The van der Waals surface area contributed by atoms with E-state index in [2.05, 4.69) is 79.6 Å². The first-order valence-corrected chi connectivity index (χ1v) is 13.3. The van der Waals surface area contributed by atoms with Gasteiger partial charge in [-0.25, -0.2) is 14.5 Å². The zero-order valence-corrected chi connectivity index (χ0v) is 23.4. The van der Waals surface area contributed by atoms with Gasteiger partial charge in [0.2, 0.25) is 0 Å². The lowest BCUT2D eigenvalue weighted by Crippen LogP contribution is -2.25. The van der Waals surface area contributed by atoms with Crippen molar-refractivity contribution < 1.29 is 4.74 Å². The zero-order valence-electron chi connectivity index (χ0n) is 23.4. The number of aryl methyl sites for hydroxylation is 2. The van der Waals surface area contributed by atoms with E-state index < -0.39 is 0 Å². The van der Waals surface area contributed by atoms with Crippen molar-refractivity contribution in [1.82, 2.24) is 19.3 Å². The fourth-order valence-corrected chi connectivity index (χ4v) is 4.62. The highest BCUT2D eigenvalue weighted by atomic mass is 16.5. The van der Waals surface area contributed by atoms with Crippen LogP contribution in [0, 0.1) is 0 Å². The maximum Gasteiger partial charge on any atom is 0.346 e. The van der Waals surface area contributed by atoms with E-state index in [0.717, 1.165) is 53.5 Å². The largest absolute Gasteiger partial charge is 0.493 e. The number of ether oxygens (including phenoxy) is 1. The fourth-order valence-electron chi connectivity index (χ4n) is 4.62. The Bertz CT molecular complexity index is 1410. The minimum atomic E-state index is -0.0420. The molecule has 0 saturated carbocycles. The van der Waals surface area contributed by atoms with Crippen molar-refractivity contribution in [2.24, 2.45) is 0 Å². The molecule has 0 radical (unpaired) electrons. The molecule has 4 aromatic rings. The predicted molar refractivity (Wildman–Crippen MR) is 154 cm³/mol. The molecule has 0 aliphatic rings. The molecule has 0 amide bonds. The van der Waals surface area contributed by atoms with Crippen LogP contribution in [0.2, 0.25) is 0 Å². The first-order chi connectivity index (χ1) is 18.2. The van der Waals surface area contributed by atoms with E-state index in [1.807, 2.05) is 26.1 Å². The first kappa shape index (κ1) is 27.2. The molecule has 4 rings (SSSR count). The Morgan fingerprint density at radius 2 is 1.61 bits per heavy atom. The Balaban J connectivity index is 1.39. The van der Waals surface area contributed by atoms with Crippen LogP contribution in [-0.2, 0) is 31.3 Å². The van der Waals surface area contributed by atoms with Gasteiger partial charge in [-0.2, -0.15) is 5.10 Å². The van der Waals surface area contributed by atoms with E-state index in [-0.39, 0.29) is 11.1 Å². The van der Waals surface area contributed by atoms with Gasteiger partial charge in [-0.15, -0.1) is 0 Å². The molecule has 0 unspecified atom stereocenters. The van der Waals surface area contributed by atoms with Gasteiger partial charge in [0.05, 0.1) is 19.3 Å². The number of hydrogen-bond acceptors (Lipinski definition) is 5. The van der Waals surface area contributed by atoms with Gasteiger partial charge in [0.15, 0.2) is 11.6 Å². The van der Waals surface area contributed by atoms with Gasteiger partial charge in [0.1, 0.15) is 5.82 Å². The molecule has 7 heteroatoms. The van der Waals surface area contributed by atoms with Crippen LogP contribution < -0.4 is 15.7 Å². The van der Waals surface area contributed by atoms with E-state index in [1.54, 1.807) is 16.4 Å². The number of hydrogen-bond donors (Lipinski definition) is 1. The van der Waals surface area contributed by atoms with Crippen molar-refractivity contribution in [2.45, 2.75) is 65.5 Å². The topological polar surface area (TPSA) is 74.0 Å². The molecule has 0 atom stereocenters. The molecule has 1 N–H and O–H groups in total. The second-order valence-corrected chi connectivity index (χ2v) is 10.6. The molecule has 0 saturated heterocycles. The molecule has 0 fully saturated rings. The number of nitrogens with one attached hydrogen (secondary N) is 1. The van der Waals surface area contributed by atoms with Crippen LogP contribution in [0.25, 0.3) is 11.3 Å². The minimum absolute atomic E-state index is 0.0420. The van der Waals surface area contributed by atoms with Gasteiger partial charge < -0.3 is 10.1 Å². The van der Waals surface area contributed by atoms with Gasteiger partial charge in [-0.1, -0.05) is 69.3 Å². The summed E-state index contributed by atoms with van der Waals surface area (Å²) in [6.45, 7) is 9.71. The molecule has 200 valence electrons. The predicted octanol–water partition coefficient (Wildman–Crippen LogP) is 5.70. The molecule has 0 aliphatic heterocycles. The van der Waals surface area contributed by atoms with E-state index in [9.17, 15) is 4.79 Å². The van der Waals surface area contributed by atoms with Crippen LogP contribution in [-0.4, -0.2) is 33.5 Å². The summed E-state index contributed by atoms with van der Waals surface area (Å²) < 4.78 is 8.74. The van der Waals surface area contributed by atoms with Crippen LogP contribution in [0.15, 0.2) is 65.5 Å². The normalized spacial score (nSPS) is 11.5. The summed E-state index contributed by atoms with van der Waals surface area (Å²) in [6.07, 6.45) is 2.59. The van der Waals surface area contributed by atoms with Gasteiger partial charge in [0, 0.05) is 25.6 Å². The third kappa shape index (κ3) is 6.15. The number of aromatic nitrogens is 4. The molecule has 2 aromatic carbocycles. The van der Waals surface area contributed by atoms with Gasteiger partial charge in [-0.3, -0.25) is 4.57 Å². The SMILES string of the molecule is CCn1c(CCCc2ccc(-c3ccc(OC)c(NC)n3)cc2)nn(Cc2ccc(C(C)(C)C)cc2)c1=O. The van der Waals surface area contributed by atoms with Gasteiger partial charge >= 0.3 is 5.69 Å². The summed E-state index contributed by atoms with van der Waals surface area (Å²) in [7, 11) is 3.48. The Labute approximate surface area is 225 Å². The van der Waals surface area contributed by atoms with Gasteiger partial charge in [0.25, 0.3) is 0 Å². The molecular formula is C31H39N5O2. The van der Waals surface area contributed by atoms with Crippen molar-refractivity contribution in [3.05, 3.63) is 93.7 Å². The Morgan fingerprint density at radius 3 is 2.21 bits per heavy atom. The Kier molecular flexibility index (Phi) is 8.35. The monoisotopic (exact) mass is 513 g/mol. The van der Waals surface area contributed by atoms with Crippen molar-refractivity contribution >= 4 is 5.82 Å². The van der Waals surface area contributed by atoms with Crippen LogP contribution >= 0.6 is 0 Å². The third-order valence-corrected chi connectivity index (χ3v) is 6.90. The molecule has 0 spiro atoms. The number of rotatable bonds is 10. The van der Waals surface area contributed by atoms with Crippen molar-refractivity contribution in [3.63, 3.8) is 0 Å². The quantitative estimate of drug-likeness (QED) is 0.295. The summed E-state index contributed by atoms with van der Waals surface area (Å²) in [5.74, 6) is 2.29. The van der Waals surface area contributed by atoms with Crippen LogP contribution in [0.1, 0.15) is 56.6 Å². The molecule has 0 bridgehead atoms. The lowest BCUT2D eigenvalue weighted by molar-refractivity contribution is 0.415. The Hall–Kier alpha value is -3.87. The molecule has 2 aromatic heterocycles. The first-order valence-electron chi connectivity index (χ1n) is 13.3. The lowest BCUT2D eigenvalue weighted by atomic mass is 9.87. The molecule has 38 heavy (non-hydrogen) atoms. The number of benzene rings is 2. The van der Waals surface area contributed by atoms with Crippen LogP contribution in [0.4, 0.5) is 5.82 Å². The van der Waals surface area contributed by atoms with E-state index in [0.29, 0.717) is 13.1 Å².